The van der Waals surface area contributed by atoms with E-state index in [0.717, 1.165) is 10.5 Å². The minimum Gasteiger partial charge on any atom is -0.332 e. The largest absolute Gasteiger partial charge is 0.332 e. The van der Waals surface area contributed by atoms with E-state index in [1.807, 2.05) is 51.1 Å². The van der Waals surface area contributed by atoms with Gasteiger partial charge in [-0.05, 0) is 39.3 Å². The molecule has 30 heavy (non-hydrogen) atoms. The Balaban J connectivity index is 1.83. The summed E-state index contributed by atoms with van der Waals surface area (Å²) in [6.07, 6.45) is 0. The van der Waals surface area contributed by atoms with E-state index in [1.54, 1.807) is 36.1 Å². The molecule has 0 spiro atoms. The highest BCUT2D eigenvalue weighted by atomic mass is 35.5. The SMILES string of the molecule is CC(C)(C)N(Cc1ccccc1)C(=O)CN1C(=O)N[C@@](C)(c2ccccc2Cl)C1=O. The third kappa shape index (κ3) is 4.19. The number of hydrogen-bond acceptors (Lipinski definition) is 3. The molecule has 0 aromatic heterocycles. The van der Waals surface area contributed by atoms with E-state index in [2.05, 4.69) is 5.32 Å². The number of rotatable bonds is 5. The fourth-order valence-corrected chi connectivity index (χ4v) is 3.90. The summed E-state index contributed by atoms with van der Waals surface area (Å²) in [5.41, 5.74) is -0.337. The van der Waals surface area contributed by atoms with Crippen LogP contribution in [0.25, 0.3) is 0 Å². The molecule has 1 N–H and O–H groups in total. The smallest absolute Gasteiger partial charge is 0.325 e. The van der Waals surface area contributed by atoms with Crippen LogP contribution in [-0.2, 0) is 21.7 Å². The predicted octanol–water partition coefficient (Wildman–Crippen LogP) is 3.93. The minimum absolute atomic E-state index is 0.307. The average molecular weight is 428 g/mol. The quantitative estimate of drug-likeness (QED) is 0.735. The summed E-state index contributed by atoms with van der Waals surface area (Å²) in [6, 6.07) is 15.9. The monoisotopic (exact) mass is 427 g/mol. The van der Waals surface area contributed by atoms with Gasteiger partial charge in [-0.15, -0.1) is 0 Å². The van der Waals surface area contributed by atoms with Crippen LogP contribution in [0.15, 0.2) is 54.6 Å². The number of carbonyl (C=O) groups is 3. The number of urea groups is 1. The summed E-state index contributed by atoms with van der Waals surface area (Å²) in [4.78, 5) is 41.6. The zero-order chi connectivity index (χ0) is 22.1. The summed E-state index contributed by atoms with van der Waals surface area (Å²) in [5.74, 6) is -0.805. The summed E-state index contributed by atoms with van der Waals surface area (Å²) in [5, 5.41) is 3.08. The van der Waals surface area contributed by atoms with Crippen molar-refractivity contribution in [3.8, 4) is 0 Å². The van der Waals surface area contributed by atoms with Crippen LogP contribution < -0.4 is 5.32 Å². The lowest BCUT2D eigenvalue weighted by Crippen LogP contribution is -2.50. The number of benzene rings is 2. The lowest BCUT2D eigenvalue weighted by Gasteiger charge is -2.36. The number of carbonyl (C=O) groups excluding carboxylic acids is 3. The number of hydrogen-bond donors (Lipinski definition) is 1. The first-order valence-corrected chi connectivity index (χ1v) is 10.2. The van der Waals surface area contributed by atoms with Crippen LogP contribution in [0.1, 0.15) is 38.8 Å². The van der Waals surface area contributed by atoms with Crippen molar-refractivity contribution in [3.05, 3.63) is 70.7 Å². The molecule has 0 aliphatic carbocycles. The van der Waals surface area contributed by atoms with Crippen molar-refractivity contribution in [1.82, 2.24) is 15.1 Å². The summed E-state index contributed by atoms with van der Waals surface area (Å²) in [6.45, 7) is 7.42. The van der Waals surface area contributed by atoms with Crippen LogP contribution in [-0.4, -0.2) is 39.7 Å². The van der Waals surface area contributed by atoms with E-state index in [-0.39, 0.29) is 12.5 Å². The molecule has 1 aliphatic heterocycles. The van der Waals surface area contributed by atoms with Gasteiger partial charge >= 0.3 is 6.03 Å². The fourth-order valence-electron chi connectivity index (χ4n) is 3.58. The van der Waals surface area contributed by atoms with E-state index < -0.39 is 23.0 Å². The Morgan fingerprint density at radius 3 is 2.27 bits per heavy atom. The molecule has 1 aliphatic rings. The fraction of sp³-hybridized carbons (Fsp3) is 0.348. The standard InChI is InChI=1S/C23H26ClN3O3/c1-22(2,3)27(14-16-10-6-5-7-11-16)19(28)15-26-20(29)23(4,25-21(26)30)17-12-8-9-13-18(17)24/h5-13H,14-15H2,1-4H3,(H,25,30)/t23-/m0/s1. The Hall–Kier alpha value is -2.86. The highest BCUT2D eigenvalue weighted by molar-refractivity contribution is 6.32. The molecule has 158 valence electrons. The van der Waals surface area contributed by atoms with Gasteiger partial charge in [0, 0.05) is 22.7 Å². The van der Waals surface area contributed by atoms with Crippen molar-refractivity contribution in [1.29, 1.82) is 0 Å². The summed E-state index contributed by atoms with van der Waals surface area (Å²) >= 11 is 6.26. The maximum absolute atomic E-state index is 13.2. The molecular weight excluding hydrogens is 402 g/mol. The molecular formula is C23H26ClN3O3. The van der Waals surface area contributed by atoms with Crippen molar-refractivity contribution in [2.45, 2.75) is 45.3 Å². The zero-order valence-electron chi connectivity index (χ0n) is 17.6. The zero-order valence-corrected chi connectivity index (χ0v) is 18.4. The molecule has 1 fully saturated rings. The first-order chi connectivity index (χ1) is 14.0. The normalized spacial score (nSPS) is 19.0. The van der Waals surface area contributed by atoms with E-state index in [4.69, 9.17) is 11.6 Å². The van der Waals surface area contributed by atoms with Gasteiger partial charge in [0.05, 0.1) is 0 Å². The second-order valence-corrected chi connectivity index (χ2v) is 8.97. The summed E-state index contributed by atoms with van der Waals surface area (Å²) < 4.78 is 0. The van der Waals surface area contributed by atoms with Gasteiger partial charge in [0.15, 0.2) is 0 Å². The molecule has 0 unspecified atom stereocenters. The van der Waals surface area contributed by atoms with Crippen LogP contribution in [0.5, 0.6) is 0 Å². The van der Waals surface area contributed by atoms with Gasteiger partial charge in [-0.25, -0.2) is 4.79 Å². The van der Waals surface area contributed by atoms with Gasteiger partial charge in [0.2, 0.25) is 5.91 Å². The highest BCUT2D eigenvalue weighted by Crippen LogP contribution is 2.33. The number of nitrogens with one attached hydrogen (secondary N) is 1. The second-order valence-electron chi connectivity index (χ2n) is 8.56. The number of nitrogens with zero attached hydrogens (tertiary/aromatic N) is 2. The predicted molar refractivity (Wildman–Crippen MR) is 116 cm³/mol. The topological polar surface area (TPSA) is 69.7 Å². The number of halogens is 1. The van der Waals surface area contributed by atoms with Crippen molar-refractivity contribution >= 4 is 29.4 Å². The molecule has 0 bridgehead atoms. The third-order valence-corrected chi connectivity index (χ3v) is 5.60. The molecule has 1 saturated heterocycles. The third-order valence-electron chi connectivity index (χ3n) is 5.28. The van der Waals surface area contributed by atoms with Gasteiger partial charge in [-0.2, -0.15) is 0 Å². The second kappa shape index (κ2) is 8.11. The Labute approximate surface area is 181 Å². The Morgan fingerprint density at radius 1 is 1.07 bits per heavy atom. The van der Waals surface area contributed by atoms with Crippen LogP contribution in [0.2, 0.25) is 5.02 Å². The number of amides is 4. The average Bonchev–Trinajstić information content (AvgIpc) is 2.90. The first kappa shape index (κ1) is 21.8. The Morgan fingerprint density at radius 2 is 1.67 bits per heavy atom. The maximum Gasteiger partial charge on any atom is 0.325 e. The number of imide groups is 1. The van der Waals surface area contributed by atoms with Crippen LogP contribution >= 0.6 is 11.6 Å². The van der Waals surface area contributed by atoms with Gasteiger partial charge < -0.3 is 10.2 Å². The molecule has 2 aromatic rings. The van der Waals surface area contributed by atoms with E-state index >= 15 is 0 Å². The molecule has 1 atom stereocenters. The molecule has 4 amide bonds. The van der Waals surface area contributed by atoms with Crippen molar-refractivity contribution in [2.75, 3.05) is 6.54 Å². The van der Waals surface area contributed by atoms with E-state index in [0.29, 0.717) is 17.1 Å². The lowest BCUT2D eigenvalue weighted by atomic mass is 9.92. The molecule has 3 rings (SSSR count). The van der Waals surface area contributed by atoms with Crippen LogP contribution in [0.4, 0.5) is 4.79 Å². The minimum atomic E-state index is -1.32. The molecule has 2 aromatic carbocycles. The first-order valence-electron chi connectivity index (χ1n) is 9.77. The molecule has 7 heteroatoms. The highest BCUT2D eigenvalue weighted by Gasteiger charge is 2.50. The molecule has 0 saturated carbocycles. The molecule has 1 heterocycles. The maximum atomic E-state index is 13.2. The van der Waals surface area contributed by atoms with E-state index in [9.17, 15) is 14.4 Å². The molecule has 6 nitrogen and oxygen atoms in total. The van der Waals surface area contributed by atoms with E-state index in [1.165, 1.54) is 0 Å². The van der Waals surface area contributed by atoms with Gasteiger partial charge in [-0.1, -0.05) is 60.1 Å². The van der Waals surface area contributed by atoms with Crippen molar-refractivity contribution in [3.63, 3.8) is 0 Å². The Kier molecular flexibility index (Phi) is 5.90. The Bertz CT molecular complexity index is 971. The van der Waals surface area contributed by atoms with Crippen LogP contribution in [0.3, 0.4) is 0 Å². The van der Waals surface area contributed by atoms with Gasteiger partial charge in [-0.3, -0.25) is 14.5 Å². The summed E-state index contributed by atoms with van der Waals surface area (Å²) in [7, 11) is 0. The van der Waals surface area contributed by atoms with Gasteiger partial charge in [0.25, 0.3) is 5.91 Å². The van der Waals surface area contributed by atoms with Crippen LogP contribution in [0, 0.1) is 0 Å². The lowest BCUT2D eigenvalue weighted by molar-refractivity contribution is -0.142. The van der Waals surface area contributed by atoms with Crippen molar-refractivity contribution in [2.24, 2.45) is 0 Å². The van der Waals surface area contributed by atoms with Gasteiger partial charge in [0.1, 0.15) is 12.1 Å². The van der Waals surface area contributed by atoms with Crippen molar-refractivity contribution < 1.29 is 14.4 Å². The molecule has 0 radical (unpaired) electrons.